The highest BCUT2D eigenvalue weighted by atomic mass is 16.5. The first kappa shape index (κ1) is 14.3. The van der Waals surface area contributed by atoms with E-state index in [0.29, 0.717) is 24.7 Å². The van der Waals surface area contributed by atoms with Gasteiger partial charge in [0, 0.05) is 12.2 Å². The molecule has 100 valence electrons. The van der Waals surface area contributed by atoms with Crippen molar-refractivity contribution in [3.8, 4) is 5.75 Å². The highest BCUT2D eigenvalue weighted by Crippen LogP contribution is 2.13. The molecule has 0 heterocycles. The Labute approximate surface area is 107 Å². The van der Waals surface area contributed by atoms with Crippen molar-refractivity contribution in [1.29, 1.82) is 0 Å². The van der Waals surface area contributed by atoms with E-state index >= 15 is 0 Å². The summed E-state index contributed by atoms with van der Waals surface area (Å²) in [6.45, 7) is 1.45. The molecule has 0 unspecified atom stereocenters. The largest absolute Gasteiger partial charge is 0.493 e. The number of carbonyl (C=O) groups excluding carboxylic acids is 1. The number of likely N-dealkylation sites (N-methyl/N-ethyl adjacent to an activating group) is 1. The van der Waals surface area contributed by atoms with E-state index in [1.165, 1.54) is 0 Å². The van der Waals surface area contributed by atoms with Crippen LogP contribution in [0.15, 0.2) is 24.3 Å². The SMILES string of the molecule is CN(C)CCOC(=O)CCOc1ccc(N)cc1. The highest BCUT2D eigenvalue weighted by Gasteiger charge is 2.03. The molecule has 18 heavy (non-hydrogen) atoms. The summed E-state index contributed by atoms with van der Waals surface area (Å²) in [5.74, 6) is 0.456. The Morgan fingerprint density at radius 2 is 1.89 bits per heavy atom. The van der Waals surface area contributed by atoms with Crippen LogP contribution in [-0.2, 0) is 9.53 Å². The number of nitrogens with two attached hydrogens (primary N) is 1. The Balaban J connectivity index is 2.13. The lowest BCUT2D eigenvalue weighted by atomic mass is 10.3. The van der Waals surface area contributed by atoms with Gasteiger partial charge in [-0.15, -0.1) is 0 Å². The highest BCUT2D eigenvalue weighted by molar-refractivity contribution is 5.69. The second kappa shape index (κ2) is 7.55. The first-order chi connectivity index (χ1) is 8.58. The number of ether oxygens (including phenoxy) is 2. The molecule has 0 saturated heterocycles. The van der Waals surface area contributed by atoms with Crippen molar-refractivity contribution in [2.45, 2.75) is 6.42 Å². The third kappa shape index (κ3) is 6.10. The van der Waals surface area contributed by atoms with Gasteiger partial charge >= 0.3 is 5.97 Å². The van der Waals surface area contributed by atoms with Crippen molar-refractivity contribution in [3.05, 3.63) is 24.3 Å². The zero-order valence-corrected chi connectivity index (χ0v) is 10.9. The molecular formula is C13H20N2O3. The molecule has 5 nitrogen and oxygen atoms in total. The van der Waals surface area contributed by atoms with E-state index in [-0.39, 0.29) is 12.4 Å². The standard InChI is InChI=1S/C13H20N2O3/c1-15(2)8-10-18-13(16)7-9-17-12-5-3-11(14)4-6-12/h3-6H,7-10,14H2,1-2H3. The van der Waals surface area contributed by atoms with Crippen molar-refractivity contribution in [3.63, 3.8) is 0 Å². The van der Waals surface area contributed by atoms with Gasteiger partial charge in [-0.3, -0.25) is 4.79 Å². The Morgan fingerprint density at radius 1 is 1.22 bits per heavy atom. The van der Waals surface area contributed by atoms with Gasteiger partial charge in [0.2, 0.25) is 0 Å². The molecule has 5 heteroatoms. The third-order valence-electron chi connectivity index (χ3n) is 2.26. The topological polar surface area (TPSA) is 64.8 Å². The minimum absolute atomic E-state index is 0.243. The van der Waals surface area contributed by atoms with Gasteiger partial charge in [0.15, 0.2) is 0 Å². The minimum atomic E-state index is -0.243. The number of nitrogens with zero attached hydrogens (tertiary/aromatic N) is 1. The molecule has 0 aromatic heterocycles. The first-order valence-corrected chi connectivity index (χ1v) is 5.86. The number of rotatable bonds is 7. The van der Waals surface area contributed by atoms with Crippen molar-refractivity contribution < 1.29 is 14.3 Å². The maximum atomic E-state index is 11.3. The summed E-state index contributed by atoms with van der Waals surface area (Å²) < 4.78 is 10.4. The van der Waals surface area contributed by atoms with Crippen LogP contribution in [0.1, 0.15) is 6.42 Å². The maximum absolute atomic E-state index is 11.3. The van der Waals surface area contributed by atoms with Crippen molar-refractivity contribution in [2.75, 3.05) is 39.6 Å². The van der Waals surface area contributed by atoms with E-state index in [9.17, 15) is 4.79 Å². The molecule has 0 radical (unpaired) electrons. The zero-order chi connectivity index (χ0) is 13.4. The van der Waals surface area contributed by atoms with Crippen LogP contribution in [0.4, 0.5) is 5.69 Å². The van der Waals surface area contributed by atoms with Crippen LogP contribution in [0, 0.1) is 0 Å². The fourth-order valence-electron chi connectivity index (χ4n) is 1.23. The zero-order valence-electron chi connectivity index (χ0n) is 10.9. The van der Waals surface area contributed by atoms with Crippen LogP contribution in [0.3, 0.4) is 0 Å². The molecule has 0 aliphatic carbocycles. The summed E-state index contributed by atoms with van der Waals surface area (Å²) in [5, 5.41) is 0. The van der Waals surface area contributed by atoms with Crippen molar-refractivity contribution >= 4 is 11.7 Å². The second-order valence-corrected chi connectivity index (χ2v) is 4.19. The van der Waals surface area contributed by atoms with Gasteiger partial charge in [0.25, 0.3) is 0 Å². The molecule has 0 spiro atoms. The van der Waals surface area contributed by atoms with Crippen LogP contribution in [0.5, 0.6) is 5.75 Å². The van der Waals surface area contributed by atoms with E-state index in [2.05, 4.69) is 0 Å². The minimum Gasteiger partial charge on any atom is -0.493 e. The molecule has 2 N–H and O–H groups in total. The molecule has 1 aromatic carbocycles. The van der Waals surface area contributed by atoms with E-state index in [1.807, 2.05) is 19.0 Å². The smallest absolute Gasteiger partial charge is 0.309 e. The summed E-state index contributed by atoms with van der Waals surface area (Å²) in [6, 6.07) is 7.05. The lowest BCUT2D eigenvalue weighted by Crippen LogP contribution is -2.20. The normalized spacial score (nSPS) is 10.4. The van der Waals surface area contributed by atoms with Gasteiger partial charge < -0.3 is 20.1 Å². The van der Waals surface area contributed by atoms with Crippen LogP contribution in [0.25, 0.3) is 0 Å². The number of benzene rings is 1. The molecule has 0 amide bonds. The Morgan fingerprint density at radius 3 is 2.50 bits per heavy atom. The summed E-state index contributed by atoms with van der Waals surface area (Å²) in [4.78, 5) is 13.3. The molecule has 0 bridgehead atoms. The van der Waals surface area contributed by atoms with E-state index in [1.54, 1.807) is 24.3 Å². The van der Waals surface area contributed by atoms with Crippen molar-refractivity contribution in [2.24, 2.45) is 0 Å². The summed E-state index contributed by atoms with van der Waals surface area (Å²) in [7, 11) is 3.86. The average Bonchev–Trinajstić information content (AvgIpc) is 2.31. The van der Waals surface area contributed by atoms with Crippen LogP contribution in [0.2, 0.25) is 0 Å². The van der Waals surface area contributed by atoms with Gasteiger partial charge in [-0.25, -0.2) is 0 Å². The summed E-state index contributed by atoms with van der Waals surface area (Å²) in [6.07, 6.45) is 0.248. The molecule has 1 rings (SSSR count). The number of nitrogen functional groups attached to an aromatic ring is 1. The van der Waals surface area contributed by atoms with E-state index < -0.39 is 0 Å². The Kier molecular flexibility index (Phi) is 6.00. The Bertz CT molecular complexity index is 363. The monoisotopic (exact) mass is 252 g/mol. The number of esters is 1. The van der Waals surface area contributed by atoms with E-state index in [4.69, 9.17) is 15.2 Å². The van der Waals surface area contributed by atoms with Gasteiger partial charge in [0.05, 0.1) is 13.0 Å². The summed E-state index contributed by atoms with van der Waals surface area (Å²) in [5.41, 5.74) is 6.23. The fraction of sp³-hybridized carbons (Fsp3) is 0.462. The fourth-order valence-corrected chi connectivity index (χ4v) is 1.23. The number of hydrogen-bond acceptors (Lipinski definition) is 5. The average molecular weight is 252 g/mol. The molecule has 0 fully saturated rings. The molecule has 0 saturated carbocycles. The van der Waals surface area contributed by atoms with Gasteiger partial charge in [0.1, 0.15) is 12.4 Å². The number of anilines is 1. The van der Waals surface area contributed by atoms with Gasteiger partial charge in [-0.1, -0.05) is 0 Å². The quantitative estimate of drug-likeness (QED) is 0.582. The molecular weight excluding hydrogens is 232 g/mol. The summed E-state index contributed by atoms with van der Waals surface area (Å²) >= 11 is 0. The molecule has 0 atom stereocenters. The van der Waals surface area contributed by atoms with Gasteiger partial charge in [-0.05, 0) is 38.4 Å². The first-order valence-electron chi connectivity index (χ1n) is 5.86. The van der Waals surface area contributed by atoms with E-state index in [0.717, 1.165) is 6.54 Å². The van der Waals surface area contributed by atoms with Crippen LogP contribution < -0.4 is 10.5 Å². The lowest BCUT2D eigenvalue weighted by Gasteiger charge is -2.10. The van der Waals surface area contributed by atoms with Crippen LogP contribution >= 0.6 is 0 Å². The Hall–Kier alpha value is -1.75. The maximum Gasteiger partial charge on any atom is 0.309 e. The molecule has 0 aliphatic heterocycles. The second-order valence-electron chi connectivity index (χ2n) is 4.19. The van der Waals surface area contributed by atoms with Crippen LogP contribution in [-0.4, -0.2) is 44.7 Å². The van der Waals surface area contributed by atoms with Crippen molar-refractivity contribution in [1.82, 2.24) is 4.90 Å². The number of hydrogen-bond donors (Lipinski definition) is 1. The molecule has 0 aliphatic rings. The number of carbonyl (C=O) groups is 1. The predicted molar refractivity (Wildman–Crippen MR) is 70.5 cm³/mol. The third-order valence-corrected chi connectivity index (χ3v) is 2.26. The molecule has 1 aromatic rings. The lowest BCUT2D eigenvalue weighted by molar-refractivity contribution is -0.144. The van der Waals surface area contributed by atoms with Gasteiger partial charge in [-0.2, -0.15) is 0 Å². The predicted octanol–water partition coefficient (Wildman–Crippen LogP) is 1.14.